The SMILES string of the molecule is CS(Cc1ccccc1)(c1cccnc1)c1cccc(C(=O)O)c1. The third-order valence-corrected chi connectivity index (χ3v) is 7.54. The number of carbonyl (C=O) groups is 1. The standard InChI is InChI=1S/C20H19NO2S/c1-24(19-11-6-12-21-14-19,15-16-7-3-2-4-8-16)18-10-5-9-17(13-18)20(22)23/h2-14H,15H2,1H3,(H,22,23). The first kappa shape index (κ1) is 16.3. The highest BCUT2D eigenvalue weighted by Gasteiger charge is 2.25. The highest BCUT2D eigenvalue weighted by Crippen LogP contribution is 2.61. The molecule has 24 heavy (non-hydrogen) atoms. The molecule has 0 aliphatic rings. The predicted molar refractivity (Wildman–Crippen MR) is 97.8 cm³/mol. The molecule has 1 unspecified atom stereocenters. The third-order valence-electron chi connectivity index (χ3n) is 4.05. The maximum atomic E-state index is 11.4. The van der Waals surface area contributed by atoms with E-state index < -0.39 is 16.0 Å². The molecule has 0 saturated carbocycles. The minimum Gasteiger partial charge on any atom is -0.478 e. The van der Waals surface area contributed by atoms with E-state index in [1.807, 2.05) is 42.6 Å². The van der Waals surface area contributed by atoms with Crippen LogP contribution in [0, 0.1) is 0 Å². The van der Waals surface area contributed by atoms with E-state index in [4.69, 9.17) is 0 Å². The first-order chi connectivity index (χ1) is 11.6. The number of benzene rings is 2. The van der Waals surface area contributed by atoms with E-state index in [9.17, 15) is 9.90 Å². The molecule has 0 fully saturated rings. The fourth-order valence-electron chi connectivity index (χ4n) is 2.73. The summed E-state index contributed by atoms with van der Waals surface area (Å²) < 4.78 is 0. The number of aromatic carboxylic acids is 1. The van der Waals surface area contributed by atoms with Crippen LogP contribution in [0.3, 0.4) is 0 Å². The van der Waals surface area contributed by atoms with E-state index in [0.717, 1.165) is 15.5 Å². The number of nitrogens with zero attached hydrogens (tertiary/aromatic N) is 1. The van der Waals surface area contributed by atoms with Crippen molar-refractivity contribution in [3.8, 4) is 0 Å². The molecule has 2 aromatic carbocycles. The van der Waals surface area contributed by atoms with Crippen molar-refractivity contribution >= 4 is 16.0 Å². The molecule has 122 valence electrons. The molecule has 3 nitrogen and oxygen atoms in total. The highest BCUT2D eigenvalue weighted by atomic mass is 32.3. The van der Waals surface area contributed by atoms with Crippen LogP contribution in [-0.2, 0) is 5.75 Å². The second-order valence-electron chi connectivity index (χ2n) is 5.74. The average molecular weight is 337 g/mol. The average Bonchev–Trinajstić information content (AvgIpc) is 2.63. The summed E-state index contributed by atoms with van der Waals surface area (Å²) in [6.45, 7) is 0. The van der Waals surface area contributed by atoms with Gasteiger partial charge in [-0.1, -0.05) is 36.4 Å². The van der Waals surface area contributed by atoms with Gasteiger partial charge >= 0.3 is 5.97 Å². The molecule has 1 heterocycles. The molecule has 0 aliphatic heterocycles. The Hall–Kier alpha value is -2.59. The van der Waals surface area contributed by atoms with Crippen LogP contribution in [-0.4, -0.2) is 22.3 Å². The quantitative estimate of drug-likeness (QED) is 0.725. The van der Waals surface area contributed by atoms with Crippen molar-refractivity contribution in [3.05, 3.63) is 90.3 Å². The van der Waals surface area contributed by atoms with Gasteiger partial charge < -0.3 is 5.11 Å². The predicted octanol–water partition coefficient (Wildman–Crippen LogP) is 4.83. The number of pyridine rings is 1. The molecule has 0 bridgehead atoms. The summed E-state index contributed by atoms with van der Waals surface area (Å²) in [5.41, 5.74) is 1.56. The van der Waals surface area contributed by atoms with Gasteiger partial charge in [0.2, 0.25) is 0 Å². The summed E-state index contributed by atoms with van der Waals surface area (Å²) in [5, 5.41) is 9.33. The molecule has 3 rings (SSSR count). The molecular weight excluding hydrogens is 318 g/mol. The van der Waals surface area contributed by atoms with Crippen molar-refractivity contribution in [1.82, 2.24) is 4.98 Å². The molecule has 1 aromatic heterocycles. The first-order valence-electron chi connectivity index (χ1n) is 7.63. The van der Waals surface area contributed by atoms with Gasteiger partial charge in [-0.05, 0) is 47.0 Å². The van der Waals surface area contributed by atoms with Gasteiger partial charge in [-0.25, -0.2) is 4.79 Å². The van der Waals surface area contributed by atoms with E-state index in [-0.39, 0.29) is 0 Å². The lowest BCUT2D eigenvalue weighted by Crippen LogP contribution is -2.06. The minimum absolute atomic E-state index is 0.322. The van der Waals surface area contributed by atoms with Crippen molar-refractivity contribution < 1.29 is 9.90 Å². The fraction of sp³-hybridized carbons (Fsp3) is 0.100. The zero-order valence-corrected chi connectivity index (χ0v) is 14.2. The second-order valence-corrected chi connectivity index (χ2v) is 9.15. The molecule has 0 amide bonds. The highest BCUT2D eigenvalue weighted by molar-refractivity contribution is 8.32. The van der Waals surface area contributed by atoms with E-state index in [0.29, 0.717) is 5.56 Å². The van der Waals surface area contributed by atoms with E-state index in [1.54, 1.807) is 18.3 Å². The summed E-state index contributed by atoms with van der Waals surface area (Å²) in [6.07, 6.45) is 5.88. The summed E-state index contributed by atoms with van der Waals surface area (Å²) in [4.78, 5) is 17.9. The lowest BCUT2D eigenvalue weighted by molar-refractivity contribution is 0.0696. The fourth-order valence-corrected chi connectivity index (χ4v) is 5.64. The van der Waals surface area contributed by atoms with Crippen molar-refractivity contribution in [1.29, 1.82) is 0 Å². The molecule has 0 radical (unpaired) electrons. The molecule has 0 aliphatic carbocycles. The molecule has 0 spiro atoms. The Balaban J connectivity index is 2.12. The van der Waals surface area contributed by atoms with Crippen molar-refractivity contribution in [2.75, 3.05) is 6.26 Å². The summed E-state index contributed by atoms with van der Waals surface area (Å²) in [6, 6.07) is 21.6. The number of hydrogen-bond donors (Lipinski definition) is 1. The van der Waals surface area contributed by atoms with Crippen LogP contribution in [0.4, 0.5) is 0 Å². The lowest BCUT2D eigenvalue weighted by atomic mass is 10.2. The summed E-state index contributed by atoms with van der Waals surface area (Å²) >= 11 is 0. The van der Waals surface area contributed by atoms with Crippen molar-refractivity contribution in [2.24, 2.45) is 0 Å². The van der Waals surface area contributed by atoms with E-state index in [1.165, 1.54) is 5.56 Å². The van der Waals surface area contributed by atoms with Crippen LogP contribution in [0.2, 0.25) is 0 Å². The van der Waals surface area contributed by atoms with Gasteiger partial charge in [0.1, 0.15) is 0 Å². The topological polar surface area (TPSA) is 50.2 Å². The van der Waals surface area contributed by atoms with Gasteiger partial charge in [-0.3, -0.25) is 4.98 Å². The summed E-state index contributed by atoms with van der Waals surface area (Å²) in [7, 11) is -1.43. The van der Waals surface area contributed by atoms with Crippen molar-refractivity contribution in [3.63, 3.8) is 0 Å². The van der Waals surface area contributed by atoms with Gasteiger partial charge in [0.15, 0.2) is 0 Å². The number of rotatable bonds is 5. The first-order valence-corrected chi connectivity index (χ1v) is 9.84. The number of carboxylic acid groups (broad SMARTS) is 1. The number of carboxylic acids is 1. The van der Waals surface area contributed by atoms with Crippen LogP contribution in [0.1, 0.15) is 15.9 Å². The Kier molecular flexibility index (Phi) is 4.67. The third kappa shape index (κ3) is 3.34. The summed E-state index contributed by atoms with van der Waals surface area (Å²) in [5.74, 6) is -0.0488. The zero-order chi connectivity index (χ0) is 17.0. The van der Waals surface area contributed by atoms with Gasteiger partial charge in [0, 0.05) is 23.0 Å². The normalized spacial score (nSPS) is 14.5. The molecule has 4 heteroatoms. The maximum absolute atomic E-state index is 11.4. The Morgan fingerprint density at radius 1 is 1.00 bits per heavy atom. The van der Waals surface area contributed by atoms with Crippen LogP contribution < -0.4 is 0 Å². The van der Waals surface area contributed by atoms with Gasteiger partial charge in [0.05, 0.1) is 5.56 Å². The monoisotopic (exact) mass is 337 g/mol. The Labute approximate surface area is 143 Å². The van der Waals surface area contributed by atoms with Crippen LogP contribution in [0.5, 0.6) is 0 Å². The van der Waals surface area contributed by atoms with Crippen molar-refractivity contribution in [2.45, 2.75) is 15.5 Å². The van der Waals surface area contributed by atoms with Crippen LogP contribution in [0.25, 0.3) is 0 Å². The van der Waals surface area contributed by atoms with Gasteiger partial charge in [-0.2, -0.15) is 10.0 Å². The molecule has 0 saturated heterocycles. The van der Waals surface area contributed by atoms with Gasteiger partial charge in [-0.15, -0.1) is 0 Å². The molecule has 1 N–H and O–H groups in total. The lowest BCUT2D eigenvalue weighted by Gasteiger charge is -2.37. The molecule has 1 atom stereocenters. The Morgan fingerprint density at radius 3 is 2.42 bits per heavy atom. The van der Waals surface area contributed by atoms with Crippen LogP contribution >= 0.6 is 10.0 Å². The van der Waals surface area contributed by atoms with E-state index >= 15 is 0 Å². The largest absolute Gasteiger partial charge is 0.478 e. The maximum Gasteiger partial charge on any atom is 0.335 e. The van der Waals surface area contributed by atoms with E-state index in [2.05, 4.69) is 29.4 Å². The molecule has 3 aromatic rings. The second kappa shape index (κ2) is 6.89. The number of hydrogen-bond acceptors (Lipinski definition) is 2. The number of aromatic nitrogens is 1. The van der Waals surface area contributed by atoms with Crippen LogP contribution in [0.15, 0.2) is 88.9 Å². The minimum atomic E-state index is -1.43. The smallest absolute Gasteiger partial charge is 0.335 e. The Morgan fingerprint density at radius 2 is 1.75 bits per heavy atom. The van der Waals surface area contributed by atoms with Gasteiger partial charge in [0.25, 0.3) is 0 Å². The molecular formula is C20H19NO2S. The Bertz CT molecular complexity index is 837. The zero-order valence-electron chi connectivity index (χ0n) is 13.4.